The number of piperazine rings is 3. The Morgan fingerprint density at radius 1 is 1.37 bits per heavy atom. The van der Waals surface area contributed by atoms with Crippen molar-refractivity contribution in [2.24, 2.45) is 0 Å². The molecule has 106 valence electrons. The molecule has 0 amide bonds. The van der Waals surface area contributed by atoms with Crippen molar-refractivity contribution in [2.45, 2.75) is 32.0 Å². The zero-order valence-electron chi connectivity index (χ0n) is 11.9. The van der Waals surface area contributed by atoms with Crippen LogP contribution in [0.4, 0.5) is 0 Å². The quantitative estimate of drug-likeness (QED) is 0.772. The maximum absolute atomic E-state index is 4.41. The summed E-state index contributed by atoms with van der Waals surface area (Å²) in [5, 5.41) is 7.77. The van der Waals surface area contributed by atoms with Gasteiger partial charge in [-0.15, -0.1) is 0 Å². The molecule has 0 aromatic carbocycles. The first-order valence-corrected chi connectivity index (χ1v) is 7.32. The normalized spacial score (nSPS) is 31.6. The van der Waals surface area contributed by atoms with E-state index in [4.69, 9.17) is 0 Å². The van der Waals surface area contributed by atoms with E-state index in [0.29, 0.717) is 12.1 Å². The average Bonchev–Trinajstić information content (AvgIpc) is 2.93. The minimum atomic E-state index is 0.456. The second kappa shape index (κ2) is 5.56. The minimum absolute atomic E-state index is 0.456. The SMILES string of the molecule is CCn1ncnc1CC(NC)C1CN2CCN1CC2. The third kappa shape index (κ3) is 2.52. The summed E-state index contributed by atoms with van der Waals surface area (Å²) in [6, 6.07) is 1.06. The lowest BCUT2D eigenvalue weighted by Gasteiger charge is -2.50. The third-order valence-electron chi connectivity index (χ3n) is 4.55. The molecule has 6 heteroatoms. The summed E-state index contributed by atoms with van der Waals surface area (Å²) in [6.07, 6.45) is 2.63. The van der Waals surface area contributed by atoms with Gasteiger partial charge < -0.3 is 5.32 Å². The Hall–Kier alpha value is -0.980. The molecular weight excluding hydrogens is 240 g/mol. The summed E-state index contributed by atoms with van der Waals surface area (Å²) >= 11 is 0. The van der Waals surface area contributed by atoms with E-state index in [1.54, 1.807) is 6.33 Å². The highest BCUT2D eigenvalue weighted by Gasteiger charge is 2.36. The van der Waals surface area contributed by atoms with Crippen molar-refractivity contribution in [3.63, 3.8) is 0 Å². The van der Waals surface area contributed by atoms with Gasteiger partial charge in [0.25, 0.3) is 0 Å². The number of nitrogens with one attached hydrogen (secondary N) is 1. The van der Waals surface area contributed by atoms with Gasteiger partial charge in [0.15, 0.2) is 0 Å². The molecule has 4 rings (SSSR count). The molecule has 3 saturated heterocycles. The fourth-order valence-electron chi connectivity index (χ4n) is 3.38. The highest BCUT2D eigenvalue weighted by molar-refractivity contribution is 4.99. The number of rotatable bonds is 5. The van der Waals surface area contributed by atoms with E-state index in [1.807, 2.05) is 4.68 Å². The summed E-state index contributed by atoms with van der Waals surface area (Å²) in [5.74, 6) is 1.10. The lowest BCUT2D eigenvalue weighted by Crippen LogP contribution is -2.66. The predicted octanol–water partition coefficient (Wildman–Crippen LogP) is -0.572. The summed E-state index contributed by atoms with van der Waals surface area (Å²) in [5.41, 5.74) is 0. The molecule has 1 aromatic rings. The van der Waals surface area contributed by atoms with Crippen molar-refractivity contribution >= 4 is 0 Å². The standard InChI is InChI=1S/C13H24N6/c1-3-19-13(15-10-16-19)8-11(14-2)12-9-17-4-6-18(12)7-5-17/h10-12,14H,3-9H2,1-2H3. The molecule has 0 spiro atoms. The number of aryl methyl sites for hydroxylation is 1. The van der Waals surface area contributed by atoms with Crippen LogP contribution in [-0.2, 0) is 13.0 Å². The van der Waals surface area contributed by atoms with Crippen LogP contribution in [0.5, 0.6) is 0 Å². The van der Waals surface area contributed by atoms with E-state index < -0.39 is 0 Å². The van der Waals surface area contributed by atoms with Crippen LogP contribution in [0, 0.1) is 0 Å². The Morgan fingerprint density at radius 2 is 2.16 bits per heavy atom. The van der Waals surface area contributed by atoms with Gasteiger partial charge in [0, 0.05) is 57.8 Å². The van der Waals surface area contributed by atoms with Gasteiger partial charge in [-0.3, -0.25) is 14.5 Å². The molecule has 2 unspecified atom stereocenters. The van der Waals surface area contributed by atoms with E-state index in [2.05, 4.69) is 39.2 Å². The number of nitrogens with zero attached hydrogens (tertiary/aromatic N) is 5. The van der Waals surface area contributed by atoms with Crippen LogP contribution in [-0.4, -0.2) is 76.4 Å². The first kappa shape index (κ1) is 13.0. The van der Waals surface area contributed by atoms with Gasteiger partial charge in [0.1, 0.15) is 12.2 Å². The minimum Gasteiger partial charge on any atom is -0.315 e. The third-order valence-corrected chi connectivity index (χ3v) is 4.55. The van der Waals surface area contributed by atoms with Crippen LogP contribution in [0.2, 0.25) is 0 Å². The molecule has 19 heavy (non-hydrogen) atoms. The van der Waals surface area contributed by atoms with E-state index in [1.165, 1.54) is 32.7 Å². The largest absolute Gasteiger partial charge is 0.315 e. The van der Waals surface area contributed by atoms with Gasteiger partial charge in [-0.2, -0.15) is 5.10 Å². The summed E-state index contributed by atoms with van der Waals surface area (Å²) in [7, 11) is 2.07. The Bertz CT molecular complexity index is 409. The Balaban J connectivity index is 1.71. The molecule has 3 fully saturated rings. The van der Waals surface area contributed by atoms with Gasteiger partial charge in [-0.25, -0.2) is 4.98 Å². The van der Waals surface area contributed by atoms with Crippen LogP contribution in [0.25, 0.3) is 0 Å². The van der Waals surface area contributed by atoms with Crippen molar-refractivity contribution in [3.05, 3.63) is 12.2 Å². The summed E-state index contributed by atoms with van der Waals surface area (Å²) < 4.78 is 2.00. The van der Waals surface area contributed by atoms with Gasteiger partial charge >= 0.3 is 0 Å². The van der Waals surface area contributed by atoms with Gasteiger partial charge in [-0.1, -0.05) is 0 Å². The van der Waals surface area contributed by atoms with Gasteiger partial charge in [0.2, 0.25) is 0 Å². The highest BCUT2D eigenvalue weighted by atomic mass is 15.4. The molecule has 1 N–H and O–H groups in total. The topological polar surface area (TPSA) is 49.2 Å². The van der Waals surface area contributed by atoms with E-state index in [9.17, 15) is 0 Å². The van der Waals surface area contributed by atoms with Crippen LogP contribution in [0.15, 0.2) is 6.33 Å². The van der Waals surface area contributed by atoms with Crippen molar-refractivity contribution in [1.29, 1.82) is 0 Å². The molecule has 2 bridgehead atoms. The van der Waals surface area contributed by atoms with Crippen LogP contribution in [0.1, 0.15) is 12.7 Å². The maximum atomic E-state index is 4.41. The monoisotopic (exact) mass is 264 g/mol. The van der Waals surface area contributed by atoms with Crippen molar-refractivity contribution in [1.82, 2.24) is 29.9 Å². The molecule has 2 atom stereocenters. The van der Waals surface area contributed by atoms with Crippen molar-refractivity contribution in [2.75, 3.05) is 39.8 Å². The number of aromatic nitrogens is 3. The van der Waals surface area contributed by atoms with Crippen LogP contribution >= 0.6 is 0 Å². The van der Waals surface area contributed by atoms with E-state index in [-0.39, 0.29) is 0 Å². The van der Waals surface area contributed by atoms with Crippen molar-refractivity contribution < 1.29 is 0 Å². The number of hydrogen-bond acceptors (Lipinski definition) is 5. The fraction of sp³-hybridized carbons (Fsp3) is 0.846. The zero-order chi connectivity index (χ0) is 13.2. The molecule has 3 aliphatic heterocycles. The van der Waals surface area contributed by atoms with Crippen LogP contribution < -0.4 is 5.32 Å². The van der Waals surface area contributed by atoms with Gasteiger partial charge in [0.05, 0.1) is 0 Å². The first-order valence-electron chi connectivity index (χ1n) is 7.32. The molecular formula is C13H24N6. The fourth-order valence-corrected chi connectivity index (χ4v) is 3.38. The molecule has 0 radical (unpaired) electrons. The average molecular weight is 264 g/mol. The van der Waals surface area contributed by atoms with Crippen molar-refractivity contribution in [3.8, 4) is 0 Å². The first-order chi connectivity index (χ1) is 9.31. The smallest absolute Gasteiger partial charge is 0.138 e. The Morgan fingerprint density at radius 3 is 2.74 bits per heavy atom. The Labute approximate surface area is 114 Å². The second-order valence-corrected chi connectivity index (χ2v) is 5.50. The second-order valence-electron chi connectivity index (χ2n) is 5.50. The predicted molar refractivity (Wildman–Crippen MR) is 74.0 cm³/mol. The summed E-state index contributed by atoms with van der Waals surface area (Å²) in [6.45, 7) is 9.09. The van der Waals surface area contributed by atoms with Crippen LogP contribution in [0.3, 0.4) is 0 Å². The number of hydrogen-bond donors (Lipinski definition) is 1. The molecule has 4 heterocycles. The molecule has 3 aliphatic rings. The van der Waals surface area contributed by atoms with E-state index >= 15 is 0 Å². The lowest BCUT2D eigenvalue weighted by atomic mass is 9.97. The Kier molecular flexibility index (Phi) is 3.81. The number of likely N-dealkylation sites (N-methyl/N-ethyl adjacent to an activating group) is 1. The molecule has 0 saturated carbocycles. The molecule has 1 aromatic heterocycles. The zero-order valence-corrected chi connectivity index (χ0v) is 11.9. The lowest BCUT2D eigenvalue weighted by molar-refractivity contribution is -0.00242. The summed E-state index contributed by atoms with van der Waals surface area (Å²) in [4.78, 5) is 9.63. The molecule has 0 aliphatic carbocycles. The number of fused-ring (bicyclic) bond motifs is 3. The molecule has 6 nitrogen and oxygen atoms in total. The van der Waals surface area contributed by atoms with Gasteiger partial charge in [-0.05, 0) is 14.0 Å². The highest BCUT2D eigenvalue weighted by Crippen LogP contribution is 2.19. The maximum Gasteiger partial charge on any atom is 0.138 e. The van der Waals surface area contributed by atoms with E-state index in [0.717, 1.165) is 18.8 Å².